The van der Waals surface area contributed by atoms with E-state index in [1.165, 1.54) is 12.0 Å². The van der Waals surface area contributed by atoms with Crippen molar-refractivity contribution >= 4 is 17.6 Å². The van der Waals surface area contributed by atoms with E-state index < -0.39 is 35.4 Å². The second-order valence-corrected chi connectivity index (χ2v) is 13.2. The topological polar surface area (TPSA) is 117 Å². The Kier molecular flexibility index (Phi) is 6.39. The molecule has 1 spiro atoms. The van der Waals surface area contributed by atoms with Gasteiger partial charge in [-0.15, -0.1) is 0 Å². The monoisotopic (exact) mass is 551 g/mol. The molecule has 3 N–H and O–H groups in total. The molecule has 8 nitrogen and oxygen atoms in total. The minimum absolute atomic E-state index is 0.0286. The average molecular weight is 552 g/mol. The summed E-state index contributed by atoms with van der Waals surface area (Å²) < 4.78 is 12.3. The lowest BCUT2D eigenvalue weighted by Gasteiger charge is -2.53. The molecule has 0 radical (unpaired) electrons. The number of para-hydroxylation sites is 1. The Morgan fingerprint density at radius 3 is 2.62 bits per heavy atom. The Bertz CT molecular complexity index is 1300. The van der Waals surface area contributed by atoms with Gasteiger partial charge < -0.3 is 24.8 Å². The molecule has 0 aromatic heterocycles. The summed E-state index contributed by atoms with van der Waals surface area (Å²) in [5, 5.41) is 35.4. The molecule has 1 heterocycles. The standard InChI is InChI=1S/C32H41NO7/c1-17-16-31-18(2)14-22-25(30(22,3)4)21(26(31)36)15-19(11-13-34)28(39-5)32(31,38)27(17)40-29(37)33-12-10-24(35)20-8-6-7-9-23(20)33/h6-9,15-16,18,21-22,25-28,34,36,38H,10-14H2,1-5H3. The zero-order valence-corrected chi connectivity index (χ0v) is 24.0. The highest BCUT2D eigenvalue weighted by atomic mass is 16.6. The number of benzene rings is 1. The number of ketones is 1. The smallest absolute Gasteiger partial charge is 0.415 e. The molecule has 9 unspecified atom stereocenters. The van der Waals surface area contributed by atoms with Crippen LogP contribution in [0.15, 0.2) is 47.6 Å². The van der Waals surface area contributed by atoms with Gasteiger partial charge in [0.15, 0.2) is 11.9 Å². The van der Waals surface area contributed by atoms with E-state index in [1.54, 1.807) is 24.3 Å². The average Bonchev–Trinajstić information content (AvgIpc) is 3.41. The lowest BCUT2D eigenvalue weighted by Crippen LogP contribution is -2.67. The van der Waals surface area contributed by atoms with Crippen molar-refractivity contribution in [3.8, 4) is 0 Å². The summed E-state index contributed by atoms with van der Waals surface area (Å²) in [5.41, 5.74) is -0.580. The van der Waals surface area contributed by atoms with E-state index in [0.29, 0.717) is 28.3 Å². The van der Waals surface area contributed by atoms with Gasteiger partial charge in [0.25, 0.3) is 0 Å². The van der Waals surface area contributed by atoms with Gasteiger partial charge in [0, 0.05) is 38.2 Å². The Balaban J connectivity index is 1.45. The Morgan fingerprint density at radius 2 is 1.93 bits per heavy atom. The highest BCUT2D eigenvalue weighted by molar-refractivity contribution is 6.07. The van der Waals surface area contributed by atoms with E-state index >= 15 is 0 Å². The number of rotatable bonds is 4. The summed E-state index contributed by atoms with van der Waals surface area (Å²) in [4.78, 5) is 27.8. The van der Waals surface area contributed by atoms with Gasteiger partial charge in [-0.3, -0.25) is 9.69 Å². The van der Waals surface area contributed by atoms with Gasteiger partial charge in [0.1, 0.15) is 11.7 Å². The van der Waals surface area contributed by atoms with E-state index in [2.05, 4.69) is 20.8 Å². The van der Waals surface area contributed by atoms with E-state index in [9.17, 15) is 24.9 Å². The second kappa shape index (κ2) is 9.24. The first-order chi connectivity index (χ1) is 18.9. The van der Waals surface area contributed by atoms with Crippen molar-refractivity contribution in [1.82, 2.24) is 0 Å². The van der Waals surface area contributed by atoms with Crippen molar-refractivity contribution in [3.63, 3.8) is 0 Å². The number of Topliss-reactive ketones (excluding diaryl/α,β-unsaturated/α-hetero) is 1. The number of aliphatic hydroxyl groups is 3. The predicted molar refractivity (Wildman–Crippen MR) is 149 cm³/mol. The maximum absolute atomic E-state index is 13.8. The number of carbonyl (C=O) groups excluding carboxylic acids is 2. The van der Waals surface area contributed by atoms with E-state index in [-0.39, 0.29) is 54.9 Å². The fraction of sp³-hybridized carbons (Fsp3) is 0.625. The van der Waals surface area contributed by atoms with Crippen LogP contribution < -0.4 is 4.90 Å². The SMILES string of the molecule is COC1C(CCO)=CC2C3C(CC(C)C4(C=C(C)C(OC(=O)N5CCC(=O)c6ccccc65)C14O)C2O)C3(C)C. The third-order valence-electron chi connectivity index (χ3n) is 11.1. The van der Waals surface area contributed by atoms with Crippen LogP contribution in [0.25, 0.3) is 0 Å². The van der Waals surface area contributed by atoms with Crippen LogP contribution in [-0.4, -0.2) is 71.4 Å². The molecule has 8 heteroatoms. The van der Waals surface area contributed by atoms with Gasteiger partial charge in [0.2, 0.25) is 0 Å². The number of hydrogen-bond acceptors (Lipinski definition) is 7. The maximum atomic E-state index is 13.8. The van der Waals surface area contributed by atoms with E-state index in [1.807, 2.05) is 19.1 Å². The first kappa shape index (κ1) is 27.6. The molecule has 2 bridgehead atoms. The second-order valence-electron chi connectivity index (χ2n) is 13.2. The molecule has 2 saturated carbocycles. The zero-order chi connectivity index (χ0) is 28.8. The van der Waals surface area contributed by atoms with Gasteiger partial charge in [-0.05, 0) is 66.2 Å². The molecule has 2 fully saturated rings. The molecular formula is C32H41NO7. The number of amides is 1. The zero-order valence-electron chi connectivity index (χ0n) is 24.0. The van der Waals surface area contributed by atoms with Gasteiger partial charge in [-0.1, -0.05) is 45.1 Å². The van der Waals surface area contributed by atoms with E-state index in [0.717, 1.165) is 6.42 Å². The number of fused-ring (bicyclic) bond motifs is 4. The Hall–Kier alpha value is -2.52. The lowest BCUT2D eigenvalue weighted by atomic mass is 9.58. The van der Waals surface area contributed by atoms with Gasteiger partial charge >= 0.3 is 6.09 Å². The first-order valence-corrected chi connectivity index (χ1v) is 14.5. The van der Waals surface area contributed by atoms with Crippen LogP contribution in [0.3, 0.4) is 0 Å². The summed E-state index contributed by atoms with van der Waals surface area (Å²) in [5.74, 6) is 0.207. The van der Waals surface area contributed by atoms with Crippen LogP contribution in [-0.2, 0) is 9.47 Å². The highest BCUT2D eigenvalue weighted by Gasteiger charge is 2.76. The lowest BCUT2D eigenvalue weighted by molar-refractivity contribution is -0.220. The van der Waals surface area contributed by atoms with Crippen LogP contribution in [0.1, 0.15) is 57.3 Å². The van der Waals surface area contributed by atoms with Crippen molar-refractivity contribution in [3.05, 3.63) is 53.1 Å². The quantitative estimate of drug-likeness (QED) is 0.486. The molecule has 9 atom stereocenters. The van der Waals surface area contributed by atoms with Crippen LogP contribution >= 0.6 is 0 Å². The van der Waals surface area contributed by atoms with Crippen molar-refractivity contribution in [2.45, 2.75) is 70.9 Å². The number of anilines is 1. The maximum Gasteiger partial charge on any atom is 0.415 e. The third kappa shape index (κ3) is 3.46. The molecule has 1 aromatic rings. The molecule has 1 amide bonds. The van der Waals surface area contributed by atoms with Crippen molar-refractivity contribution < 1.29 is 34.4 Å². The summed E-state index contributed by atoms with van der Waals surface area (Å²) in [6.45, 7) is 8.43. The van der Waals surface area contributed by atoms with Crippen molar-refractivity contribution in [1.29, 1.82) is 0 Å². The predicted octanol–water partition coefficient (Wildman–Crippen LogP) is 3.89. The summed E-state index contributed by atoms with van der Waals surface area (Å²) in [6, 6.07) is 6.97. The molecule has 1 aromatic carbocycles. The van der Waals surface area contributed by atoms with Crippen LogP contribution in [0.4, 0.5) is 10.5 Å². The van der Waals surface area contributed by atoms with Gasteiger partial charge in [-0.2, -0.15) is 0 Å². The molecule has 40 heavy (non-hydrogen) atoms. The summed E-state index contributed by atoms with van der Waals surface area (Å²) >= 11 is 0. The van der Waals surface area contributed by atoms with Crippen LogP contribution in [0.5, 0.6) is 0 Å². The fourth-order valence-corrected chi connectivity index (χ4v) is 9.19. The van der Waals surface area contributed by atoms with Gasteiger partial charge in [-0.25, -0.2) is 4.79 Å². The van der Waals surface area contributed by atoms with Crippen molar-refractivity contribution in [2.75, 3.05) is 25.2 Å². The number of hydrogen-bond donors (Lipinski definition) is 3. The molecule has 5 aliphatic rings. The molecule has 4 aliphatic carbocycles. The van der Waals surface area contributed by atoms with Crippen LogP contribution in [0, 0.1) is 34.5 Å². The number of nitrogens with zero attached hydrogens (tertiary/aromatic N) is 1. The van der Waals surface area contributed by atoms with Crippen LogP contribution in [0.2, 0.25) is 0 Å². The molecule has 1 aliphatic heterocycles. The molecule has 6 rings (SSSR count). The molecular weight excluding hydrogens is 510 g/mol. The summed E-state index contributed by atoms with van der Waals surface area (Å²) in [7, 11) is 1.52. The normalized spacial score (nSPS) is 41.0. The summed E-state index contributed by atoms with van der Waals surface area (Å²) in [6.07, 6.45) is 1.63. The van der Waals surface area contributed by atoms with Gasteiger partial charge in [0.05, 0.1) is 17.2 Å². The Labute approximate surface area is 235 Å². The number of carbonyl (C=O) groups is 2. The first-order valence-electron chi connectivity index (χ1n) is 14.5. The minimum atomic E-state index is -1.82. The number of ether oxygens (including phenoxy) is 2. The number of aliphatic hydroxyl groups excluding tert-OH is 2. The highest BCUT2D eigenvalue weighted by Crippen LogP contribution is 2.73. The molecule has 0 saturated heterocycles. The minimum Gasteiger partial charge on any atom is -0.438 e. The molecule has 216 valence electrons. The Morgan fingerprint density at radius 1 is 1.20 bits per heavy atom. The third-order valence-corrected chi connectivity index (χ3v) is 11.1. The van der Waals surface area contributed by atoms with Crippen molar-refractivity contribution in [2.24, 2.45) is 34.5 Å². The van der Waals surface area contributed by atoms with E-state index in [4.69, 9.17) is 9.47 Å². The fourth-order valence-electron chi connectivity index (χ4n) is 9.19. The number of methoxy groups -OCH3 is 1. The largest absolute Gasteiger partial charge is 0.438 e.